The van der Waals surface area contributed by atoms with Gasteiger partial charge in [0.15, 0.2) is 58.7 Å². The summed E-state index contributed by atoms with van der Waals surface area (Å²) in [5.74, 6) is 4.53. The lowest BCUT2D eigenvalue weighted by Gasteiger charge is -2.42. The van der Waals surface area contributed by atoms with Gasteiger partial charge in [-0.15, -0.1) is 0 Å². The summed E-state index contributed by atoms with van der Waals surface area (Å²) in [6, 6.07) is 122. The zero-order valence-electron chi connectivity index (χ0n) is 65.7. The summed E-state index contributed by atoms with van der Waals surface area (Å²) in [6.45, 7) is 16.0. The molecule has 0 N–H and O–H groups in total. The third kappa shape index (κ3) is 20.3. The quantitative estimate of drug-likeness (QED) is 0.0634. The lowest BCUT2D eigenvalue weighted by Crippen LogP contribution is -2.45. The number of hydrogen-bond donors (Lipinski definition) is 0. The van der Waals surface area contributed by atoms with Crippen LogP contribution in [0, 0.1) is 11.3 Å². The molecule has 12 aromatic carbocycles. The van der Waals surface area contributed by atoms with E-state index in [1.165, 1.54) is 136 Å². The standard InChI is InChI=1S/C27H31OS.C26H29OS.C25H27OS.C24H25OS/c1-26(2,3)27(20-10-11-21-27)28-22-16-18-25(19-17-22)29(23-12-6-4-7-13-23)24-14-8-5-9-15-24;1-21(2)26(19-9-10-20-26)27-22-15-17-25(18-16-22)28(23-11-5-3-6-12-23)24-13-7-4-8-14-24;1-2-25(19-9-10-20-25)26-21-15-17-24(18-16-21)27(22-11-5-3-6-12-22)23-13-7-4-8-14-23;1-24(18-8-9-19-24)25-20-14-16-23(17-15-20)26(21-10-4-2-5-11-21)22-12-6-3-7-13-22/h4-9,12-19H,10-11,20-21H2,1-3H3;3-8,11-18,21H,9-10,19-20H2,1-2H3;3-8,11-18H,2,9-10,19-20H2,1H3;2-7,10-17H,8-9,18-19H2,1H3/q4*+1. The topological polar surface area (TPSA) is 36.9 Å². The van der Waals surface area contributed by atoms with Crippen LogP contribution in [-0.2, 0) is 43.6 Å². The Balaban J connectivity index is 0.000000129. The van der Waals surface area contributed by atoms with Crippen LogP contribution in [0.1, 0.15) is 158 Å². The van der Waals surface area contributed by atoms with Crippen LogP contribution in [0.3, 0.4) is 0 Å². The van der Waals surface area contributed by atoms with Crippen molar-refractivity contribution in [1.29, 1.82) is 0 Å². The van der Waals surface area contributed by atoms with Crippen molar-refractivity contribution in [3.63, 3.8) is 0 Å². The molecule has 0 bridgehead atoms. The molecule has 0 amide bonds. The highest BCUT2D eigenvalue weighted by molar-refractivity contribution is 7.98. The molecule has 0 unspecified atom stereocenters. The Labute approximate surface area is 670 Å². The lowest BCUT2D eigenvalue weighted by molar-refractivity contribution is -0.0270. The average molecular weight is 1530 g/mol. The average Bonchev–Trinajstić information content (AvgIpc) is 1.51. The molecule has 4 saturated carbocycles. The number of ether oxygens (including phenoxy) is 4. The maximum atomic E-state index is 6.68. The van der Waals surface area contributed by atoms with Crippen LogP contribution < -0.4 is 18.9 Å². The van der Waals surface area contributed by atoms with E-state index >= 15 is 0 Å². The lowest BCUT2D eigenvalue weighted by atomic mass is 9.75. The van der Waals surface area contributed by atoms with Crippen LogP contribution in [0.2, 0.25) is 0 Å². The fourth-order valence-electron chi connectivity index (χ4n) is 16.1. The minimum Gasteiger partial charge on any atom is -0.488 e. The molecule has 16 rings (SSSR count). The minimum absolute atomic E-state index is 0.0159. The van der Waals surface area contributed by atoms with Gasteiger partial charge in [0.2, 0.25) is 0 Å². The Morgan fingerprint density at radius 1 is 0.264 bits per heavy atom. The van der Waals surface area contributed by atoms with Crippen molar-refractivity contribution in [3.8, 4) is 23.0 Å². The van der Waals surface area contributed by atoms with Crippen LogP contribution in [0.15, 0.2) is 398 Å². The van der Waals surface area contributed by atoms with E-state index in [9.17, 15) is 0 Å². The molecule has 0 radical (unpaired) electrons. The molecule has 0 heterocycles. The largest absolute Gasteiger partial charge is 0.488 e. The first kappa shape index (κ1) is 79.3. The van der Waals surface area contributed by atoms with Gasteiger partial charge in [-0.25, -0.2) is 0 Å². The van der Waals surface area contributed by atoms with Gasteiger partial charge in [-0.2, -0.15) is 0 Å². The Morgan fingerprint density at radius 3 is 0.736 bits per heavy atom. The molecule has 564 valence electrons. The van der Waals surface area contributed by atoms with E-state index in [0.29, 0.717) is 5.92 Å². The normalized spacial score (nSPS) is 15.9. The van der Waals surface area contributed by atoms with E-state index in [4.69, 9.17) is 18.9 Å². The van der Waals surface area contributed by atoms with Crippen LogP contribution in [0.25, 0.3) is 0 Å². The molecule has 4 aliphatic carbocycles. The Kier molecular flexibility index (Phi) is 27.4. The summed E-state index contributed by atoms with van der Waals surface area (Å²) in [6.07, 6.45) is 20.6. The van der Waals surface area contributed by atoms with E-state index in [2.05, 4.69) is 388 Å². The summed E-state index contributed by atoms with van der Waals surface area (Å²) in [5.41, 5.74) is 0.182. The highest BCUT2D eigenvalue weighted by Gasteiger charge is 2.47. The summed E-state index contributed by atoms with van der Waals surface area (Å²) in [4.78, 5) is 16.1. The second-order valence-corrected chi connectivity index (χ2v) is 39.4. The van der Waals surface area contributed by atoms with Crippen LogP contribution in [-0.4, -0.2) is 22.4 Å². The predicted octanol–water partition coefficient (Wildman–Crippen LogP) is 28.0. The van der Waals surface area contributed by atoms with E-state index < -0.39 is 0 Å². The first-order valence-corrected chi connectivity index (χ1v) is 45.1. The van der Waals surface area contributed by atoms with Gasteiger partial charge in [-0.05, 0) is 316 Å². The van der Waals surface area contributed by atoms with Crippen LogP contribution >= 0.6 is 0 Å². The third-order valence-corrected chi connectivity index (χ3v) is 31.4. The third-order valence-electron chi connectivity index (χ3n) is 22.5. The van der Waals surface area contributed by atoms with Crippen molar-refractivity contribution in [2.24, 2.45) is 11.3 Å². The van der Waals surface area contributed by atoms with Crippen LogP contribution in [0.4, 0.5) is 0 Å². The molecule has 0 aliphatic heterocycles. The summed E-state index contributed by atoms with van der Waals surface area (Å²) < 4.78 is 26.0. The first-order valence-electron chi connectivity index (χ1n) is 40.2. The molecular weight excluding hydrogens is 1420 g/mol. The smallest absolute Gasteiger partial charge is 0.166 e. The molecule has 4 fully saturated rings. The summed E-state index contributed by atoms with van der Waals surface area (Å²) in [7, 11) is -0.399. The van der Waals surface area contributed by atoms with Gasteiger partial charge in [-0.3, -0.25) is 0 Å². The second-order valence-electron chi connectivity index (χ2n) is 31.3. The molecule has 4 nitrogen and oxygen atoms in total. The van der Waals surface area contributed by atoms with Crippen LogP contribution in [0.5, 0.6) is 23.0 Å². The van der Waals surface area contributed by atoms with Gasteiger partial charge in [-0.1, -0.05) is 187 Å². The van der Waals surface area contributed by atoms with E-state index in [0.717, 1.165) is 55.1 Å². The summed E-state index contributed by atoms with van der Waals surface area (Å²) in [5, 5.41) is 0. The van der Waals surface area contributed by atoms with Crippen molar-refractivity contribution >= 4 is 43.6 Å². The minimum atomic E-state index is -0.110. The van der Waals surface area contributed by atoms with Gasteiger partial charge in [0.1, 0.15) is 45.4 Å². The number of rotatable bonds is 22. The van der Waals surface area contributed by atoms with E-state index in [1.54, 1.807) is 0 Å². The second kappa shape index (κ2) is 38.0. The zero-order chi connectivity index (χ0) is 76.1. The molecule has 4 aliphatic rings. The number of hydrogen-bond acceptors (Lipinski definition) is 4. The molecular formula is C102H112O4S4+4. The van der Waals surface area contributed by atoms with Crippen molar-refractivity contribution in [1.82, 2.24) is 0 Å². The van der Waals surface area contributed by atoms with Gasteiger partial charge in [0.05, 0.1) is 43.6 Å². The molecule has 8 heteroatoms. The fraction of sp³-hybridized carbons (Fsp3) is 0.294. The van der Waals surface area contributed by atoms with E-state index in [-0.39, 0.29) is 71.4 Å². The van der Waals surface area contributed by atoms with Crippen molar-refractivity contribution in [3.05, 3.63) is 340 Å². The molecule has 0 spiro atoms. The molecule has 12 aromatic rings. The Bertz CT molecular complexity index is 4480. The molecule has 110 heavy (non-hydrogen) atoms. The maximum Gasteiger partial charge on any atom is 0.166 e. The predicted molar refractivity (Wildman–Crippen MR) is 464 cm³/mol. The molecule has 0 atom stereocenters. The Hall–Kier alpha value is -8.76. The molecule has 0 saturated heterocycles. The van der Waals surface area contributed by atoms with Gasteiger partial charge in [0, 0.05) is 5.41 Å². The summed E-state index contributed by atoms with van der Waals surface area (Å²) >= 11 is 0. The highest BCUT2D eigenvalue weighted by Crippen LogP contribution is 2.48. The fourth-order valence-corrected chi connectivity index (χ4v) is 24.5. The first-order chi connectivity index (χ1) is 53.7. The van der Waals surface area contributed by atoms with Gasteiger partial charge >= 0.3 is 0 Å². The molecule has 0 aromatic heterocycles. The number of benzene rings is 12. The monoisotopic (exact) mass is 1530 g/mol. The van der Waals surface area contributed by atoms with Crippen molar-refractivity contribution in [2.45, 2.75) is 239 Å². The maximum absolute atomic E-state index is 6.68. The zero-order valence-corrected chi connectivity index (χ0v) is 69.0. The highest BCUT2D eigenvalue weighted by atomic mass is 32.2. The Morgan fingerprint density at radius 2 is 0.482 bits per heavy atom. The van der Waals surface area contributed by atoms with Gasteiger partial charge in [0.25, 0.3) is 0 Å². The SMILES string of the molecule is CC(C)(C)C1(Oc2ccc([S+](c3ccccc3)c3ccccc3)cc2)CCCC1.CC(C)C1(Oc2ccc([S+](c3ccccc3)c3ccccc3)cc2)CCCC1.CC1(Oc2ccc([S+](c3ccccc3)c3ccccc3)cc2)CCCC1.CCC1(Oc2ccc([S+](c3ccccc3)c3ccccc3)cc2)CCCC1. The van der Waals surface area contributed by atoms with Crippen molar-refractivity contribution in [2.75, 3.05) is 0 Å². The van der Waals surface area contributed by atoms with E-state index in [1.807, 2.05) is 0 Å². The van der Waals surface area contributed by atoms with Gasteiger partial charge < -0.3 is 18.9 Å². The van der Waals surface area contributed by atoms with Crippen molar-refractivity contribution < 1.29 is 18.9 Å².